The molecule has 0 spiro atoms. The molecule has 0 bridgehead atoms. The lowest BCUT2D eigenvalue weighted by molar-refractivity contribution is 0.101. The summed E-state index contributed by atoms with van der Waals surface area (Å²) in [5.74, 6) is 2.72. The maximum absolute atomic E-state index is 12.6. The monoisotopic (exact) mass is 354 g/mol. The first kappa shape index (κ1) is 16.5. The SMILES string of the molecule is C#CCOc1ccc2nc(C(=O)Nc3cccc4cccnc34)ncc2c1. The maximum atomic E-state index is 12.6. The zero-order valence-electron chi connectivity index (χ0n) is 14.2. The number of anilines is 1. The van der Waals surface area contributed by atoms with E-state index >= 15 is 0 Å². The minimum absolute atomic E-state index is 0.0766. The van der Waals surface area contributed by atoms with Crippen molar-refractivity contribution in [1.82, 2.24) is 15.0 Å². The lowest BCUT2D eigenvalue weighted by Crippen LogP contribution is -2.16. The molecule has 6 heteroatoms. The number of para-hydroxylation sites is 1. The van der Waals surface area contributed by atoms with Crippen molar-refractivity contribution in [3.63, 3.8) is 0 Å². The number of pyridine rings is 1. The molecular formula is C21H14N4O2. The van der Waals surface area contributed by atoms with Gasteiger partial charge in [-0.1, -0.05) is 24.1 Å². The quantitative estimate of drug-likeness (QED) is 0.568. The fourth-order valence-corrected chi connectivity index (χ4v) is 2.72. The van der Waals surface area contributed by atoms with Crippen LogP contribution in [0.3, 0.4) is 0 Å². The highest BCUT2D eigenvalue weighted by Gasteiger charge is 2.13. The van der Waals surface area contributed by atoms with E-state index in [0.717, 1.165) is 10.8 Å². The van der Waals surface area contributed by atoms with E-state index in [0.29, 0.717) is 22.5 Å². The second kappa shape index (κ2) is 7.10. The number of aromatic nitrogens is 3. The number of benzene rings is 2. The van der Waals surface area contributed by atoms with Crippen LogP contribution in [0.25, 0.3) is 21.8 Å². The highest BCUT2D eigenvalue weighted by molar-refractivity contribution is 6.06. The molecule has 6 nitrogen and oxygen atoms in total. The second-order valence-corrected chi connectivity index (χ2v) is 5.74. The van der Waals surface area contributed by atoms with Gasteiger partial charge in [0.1, 0.15) is 12.4 Å². The van der Waals surface area contributed by atoms with Gasteiger partial charge in [-0.15, -0.1) is 6.42 Å². The van der Waals surface area contributed by atoms with E-state index in [4.69, 9.17) is 11.2 Å². The van der Waals surface area contributed by atoms with Gasteiger partial charge < -0.3 is 10.1 Å². The van der Waals surface area contributed by atoms with Gasteiger partial charge in [0.15, 0.2) is 0 Å². The average Bonchev–Trinajstić information content (AvgIpc) is 2.72. The summed E-state index contributed by atoms with van der Waals surface area (Å²) in [7, 11) is 0. The van der Waals surface area contributed by atoms with E-state index in [-0.39, 0.29) is 12.4 Å². The molecule has 4 aromatic rings. The van der Waals surface area contributed by atoms with Crippen LogP contribution in [0.5, 0.6) is 5.75 Å². The van der Waals surface area contributed by atoms with Crippen LogP contribution in [0.15, 0.2) is 60.9 Å². The number of carbonyl (C=O) groups excluding carboxylic acids is 1. The predicted octanol–water partition coefficient (Wildman–Crippen LogP) is 3.44. The average molecular weight is 354 g/mol. The molecular weight excluding hydrogens is 340 g/mol. The molecule has 1 N–H and O–H groups in total. The highest BCUT2D eigenvalue weighted by atomic mass is 16.5. The van der Waals surface area contributed by atoms with E-state index in [2.05, 4.69) is 26.2 Å². The lowest BCUT2D eigenvalue weighted by atomic mass is 10.2. The zero-order valence-corrected chi connectivity index (χ0v) is 14.2. The molecule has 0 fully saturated rings. The first-order valence-electron chi connectivity index (χ1n) is 8.23. The Morgan fingerprint density at radius 1 is 1.11 bits per heavy atom. The molecule has 0 saturated carbocycles. The molecule has 0 unspecified atom stereocenters. The van der Waals surface area contributed by atoms with Crippen molar-refractivity contribution in [3.05, 3.63) is 66.7 Å². The van der Waals surface area contributed by atoms with E-state index in [1.165, 1.54) is 0 Å². The lowest BCUT2D eigenvalue weighted by Gasteiger charge is -2.08. The van der Waals surface area contributed by atoms with E-state index in [1.54, 1.807) is 36.7 Å². The molecule has 4 rings (SSSR count). The van der Waals surface area contributed by atoms with Crippen LogP contribution >= 0.6 is 0 Å². The Morgan fingerprint density at radius 3 is 2.89 bits per heavy atom. The Kier molecular flexibility index (Phi) is 4.33. The van der Waals surface area contributed by atoms with Crippen molar-refractivity contribution < 1.29 is 9.53 Å². The third kappa shape index (κ3) is 3.39. The second-order valence-electron chi connectivity index (χ2n) is 5.74. The van der Waals surface area contributed by atoms with Crippen molar-refractivity contribution in [1.29, 1.82) is 0 Å². The van der Waals surface area contributed by atoms with Gasteiger partial charge >= 0.3 is 0 Å². The fourth-order valence-electron chi connectivity index (χ4n) is 2.72. The Bertz CT molecular complexity index is 1190. The molecule has 0 aliphatic carbocycles. The van der Waals surface area contributed by atoms with Crippen LogP contribution in [0.4, 0.5) is 5.69 Å². The number of hydrogen-bond acceptors (Lipinski definition) is 5. The highest BCUT2D eigenvalue weighted by Crippen LogP contribution is 2.22. The summed E-state index contributed by atoms with van der Waals surface area (Å²) in [6.45, 7) is 0.186. The van der Waals surface area contributed by atoms with E-state index < -0.39 is 5.91 Å². The van der Waals surface area contributed by atoms with Crippen molar-refractivity contribution in [2.45, 2.75) is 0 Å². The van der Waals surface area contributed by atoms with Crippen molar-refractivity contribution >= 4 is 33.4 Å². The van der Waals surface area contributed by atoms with E-state index in [1.807, 2.05) is 24.3 Å². The molecule has 0 saturated heterocycles. The molecule has 0 radical (unpaired) electrons. The van der Waals surface area contributed by atoms with Crippen molar-refractivity contribution in [2.75, 3.05) is 11.9 Å². The molecule has 2 heterocycles. The molecule has 0 aliphatic rings. The van der Waals surface area contributed by atoms with Crippen LogP contribution < -0.4 is 10.1 Å². The van der Waals surface area contributed by atoms with Gasteiger partial charge in [-0.3, -0.25) is 9.78 Å². The fraction of sp³-hybridized carbons (Fsp3) is 0.0476. The summed E-state index contributed by atoms with van der Waals surface area (Å²) in [6, 6.07) is 14.7. The number of hydrogen-bond donors (Lipinski definition) is 1. The Labute approximate surface area is 155 Å². The van der Waals surface area contributed by atoms with Gasteiger partial charge in [-0.25, -0.2) is 9.97 Å². The normalized spacial score (nSPS) is 10.5. The number of nitrogens with zero attached hydrogens (tertiary/aromatic N) is 3. The topological polar surface area (TPSA) is 77.0 Å². The predicted molar refractivity (Wildman–Crippen MR) is 104 cm³/mol. The number of carbonyl (C=O) groups is 1. The summed E-state index contributed by atoms with van der Waals surface area (Å²) in [5, 5.41) is 4.53. The third-order valence-corrected chi connectivity index (χ3v) is 3.96. The largest absolute Gasteiger partial charge is 0.481 e. The third-order valence-electron chi connectivity index (χ3n) is 3.96. The number of nitrogens with one attached hydrogen (secondary N) is 1. The molecule has 0 aliphatic heterocycles. The first-order chi connectivity index (χ1) is 13.2. The minimum Gasteiger partial charge on any atom is -0.481 e. The number of ether oxygens (including phenoxy) is 1. The van der Waals surface area contributed by atoms with E-state index in [9.17, 15) is 4.79 Å². The maximum Gasteiger partial charge on any atom is 0.293 e. The molecule has 130 valence electrons. The van der Waals surface area contributed by atoms with Crippen LogP contribution in [0, 0.1) is 12.3 Å². The number of terminal acetylenes is 1. The summed E-state index contributed by atoms with van der Waals surface area (Å²) < 4.78 is 5.38. The van der Waals surface area contributed by atoms with Crippen LogP contribution in [-0.2, 0) is 0 Å². The smallest absolute Gasteiger partial charge is 0.293 e. The van der Waals surface area contributed by atoms with Crippen LogP contribution in [0.1, 0.15) is 10.6 Å². The van der Waals surface area contributed by atoms with Gasteiger partial charge in [-0.05, 0) is 30.3 Å². The summed E-state index contributed by atoms with van der Waals surface area (Å²) >= 11 is 0. The molecule has 2 aromatic carbocycles. The Balaban J connectivity index is 1.61. The Morgan fingerprint density at radius 2 is 2.00 bits per heavy atom. The summed E-state index contributed by atoms with van der Waals surface area (Å²) in [6.07, 6.45) is 8.46. The standard InChI is InChI=1S/C21H14N4O2/c1-2-11-27-16-8-9-17-15(12-16)13-23-20(24-17)21(26)25-18-7-3-5-14-6-4-10-22-19(14)18/h1,3-10,12-13H,11H2,(H,25,26). The van der Waals surface area contributed by atoms with Crippen molar-refractivity contribution in [2.24, 2.45) is 0 Å². The molecule has 27 heavy (non-hydrogen) atoms. The van der Waals surface area contributed by atoms with Gasteiger partial charge in [0.2, 0.25) is 5.82 Å². The molecule has 0 atom stereocenters. The number of fused-ring (bicyclic) bond motifs is 2. The van der Waals surface area contributed by atoms with Crippen LogP contribution in [0.2, 0.25) is 0 Å². The van der Waals surface area contributed by atoms with Crippen LogP contribution in [-0.4, -0.2) is 27.5 Å². The summed E-state index contributed by atoms with van der Waals surface area (Å²) in [5.41, 5.74) is 1.96. The zero-order chi connectivity index (χ0) is 18.6. The Hall–Kier alpha value is -3.98. The number of amides is 1. The van der Waals surface area contributed by atoms with Gasteiger partial charge in [0, 0.05) is 23.2 Å². The number of rotatable bonds is 4. The molecule has 2 aromatic heterocycles. The first-order valence-corrected chi connectivity index (χ1v) is 8.23. The van der Waals surface area contributed by atoms with Gasteiger partial charge in [-0.2, -0.15) is 0 Å². The van der Waals surface area contributed by atoms with Gasteiger partial charge in [0.25, 0.3) is 5.91 Å². The minimum atomic E-state index is -0.400. The van der Waals surface area contributed by atoms with Gasteiger partial charge in [0.05, 0.1) is 16.7 Å². The van der Waals surface area contributed by atoms with Crippen molar-refractivity contribution in [3.8, 4) is 18.1 Å². The molecule has 1 amide bonds. The summed E-state index contributed by atoms with van der Waals surface area (Å²) in [4.78, 5) is 25.4.